The van der Waals surface area contributed by atoms with Gasteiger partial charge in [-0.05, 0) is 30.7 Å². The Bertz CT molecular complexity index is 1520. The minimum atomic E-state index is -5.08. The van der Waals surface area contributed by atoms with Crippen molar-refractivity contribution in [1.29, 1.82) is 0 Å². The number of hydrogen-bond donors (Lipinski definition) is 2. The van der Waals surface area contributed by atoms with Gasteiger partial charge in [0.15, 0.2) is 0 Å². The van der Waals surface area contributed by atoms with E-state index in [9.17, 15) is 35.9 Å². The number of fused-ring (bicyclic) bond motifs is 1. The van der Waals surface area contributed by atoms with Gasteiger partial charge in [-0.1, -0.05) is 36.4 Å². The zero-order valence-electron chi connectivity index (χ0n) is 22.2. The van der Waals surface area contributed by atoms with Crippen molar-refractivity contribution in [2.75, 3.05) is 13.1 Å². The molecule has 0 saturated carbocycles. The van der Waals surface area contributed by atoms with Crippen molar-refractivity contribution in [3.63, 3.8) is 0 Å². The number of carboxylic acids is 2. The first-order chi connectivity index (χ1) is 20.0. The number of pyridine rings is 1. The van der Waals surface area contributed by atoms with E-state index in [0.29, 0.717) is 13.1 Å². The predicted molar refractivity (Wildman–Crippen MR) is 136 cm³/mol. The van der Waals surface area contributed by atoms with Crippen LogP contribution in [0, 0.1) is 5.41 Å². The second kappa shape index (κ2) is 13.2. The Balaban J connectivity index is 0.000000303. The number of nitrogens with zero attached hydrogens (tertiary/aromatic N) is 5. The van der Waals surface area contributed by atoms with E-state index in [0.717, 1.165) is 49.6 Å². The third-order valence-corrected chi connectivity index (χ3v) is 6.53. The van der Waals surface area contributed by atoms with Gasteiger partial charge in [-0.25, -0.2) is 14.3 Å². The summed E-state index contributed by atoms with van der Waals surface area (Å²) in [5, 5.41) is 18.8. The highest BCUT2D eigenvalue weighted by atomic mass is 19.4. The molecule has 2 aliphatic heterocycles. The Morgan fingerprint density at radius 3 is 1.95 bits per heavy atom. The fourth-order valence-corrected chi connectivity index (χ4v) is 4.62. The summed E-state index contributed by atoms with van der Waals surface area (Å²) in [4.78, 5) is 49.9. The average molecular weight is 618 g/mol. The van der Waals surface area contributed by atoms with Crippen LogP contribution in [0.5, 0.6) is 0 Å². The van der Waals surface area contributed by atoms with Crippen LogP contribution in [0.4, 0.5) is 26.3 Å². The number of likely N-dealkylation sites (tertiary alicyclic amines) is 1. The third-order valence-electron chi connectivity index (χ3n) is 6.53. The molecule has 1 spiro atoms. The van der Waals surface area contributed by atoms with Gasteiger partial charge in [0.05, 0.1) is 12.2 Å². The quantitative estimate of drug-likeness (QED) is 0.333. The van der Waals surface area contributed by atoms with Gasteiger partial charge in [-0.3, -0.25) is 24.0 Å². The number of benzene rings is 1. The summed E-state index contributed by atoms with van der Waals surface area (Å²) < 4.78 is 66.4. The Morgan fingerprint density at radius 2 is 1.42 bits per heavy atom. The first kappa shape index (κ1) is 33.0. The van der Waals surface area contributed by atoms with E-state index in [4.69, 9.17) is 19.8 Å². The lowest BCUT2D eigenvalue weighted by atomic mass is 9.86. The highest BCUT2D eigenvalue weighted by Crippen LogP contribution is 2.39. The van der Waals surface area contributed by atoms with Crippen LogP contribution in [-0.2, 0) is 35.6 Å². The summed E-state index contributed by atoms with van der Waals surface area (Å²) in [5.74, 6) is -4.79. The topological polar surface area (TPSA) is 148 Å². The number of hydrogen-bond acceptors (Lipinski definition) is 7. The molecule has 5 rings (SSSR count). The van der Waals surface area contributed by atoms with E-state index in [1.54, 1.807) is 4.57 Å². The summed E-state index contributed by atoms with van der Waals surface area (Å²) in [6.07, 6.45) is -6.62. The molecule has 17 heteroatoms. The minimum absolute atomic E-state index is 0.0215. The summed E-state index contributed by atoms with van der Waals surface area (Å²) >= 11 is 0. The van der Waals surface area contributed by atoms with Crippen molar-refractivity contribution in [3.8, 4) is 0 Å². The molecule has 1 aromatic carbocycles. The van der Waals surface area contributed by atoms with Crippen LogP contribution in [0.15, 0.2) is 64.3 Å². The highest BCUT2D eigenvalue weighted by Gasteiger charge is 2.45. The molecule has 11 nitrogen and oxygen atoms in total. The Hall–Kier alpha value is -4.54. The normalized spacial score (nSPS) is 17.8. The van der Waals surface area contributed by atoms with Gasteiger partial charge < -0.3 is 10.2 Å². The van der Waals surface area contributed by atoms with Crippen LogP contribution in [0.2, 0.25) is 0 Å². The average Bonchev–Trinajstić information content (AvgIpc) is 3.50. The summed E-state index contributed by atoms with van der Waals surface area (Å²) in [6.45, 7) is 3.56. The Morgan fingerprint density at radius 1 is 0.837 bits per heavy atom. The molecule has 1 atom stereocenters. The van der Waals surface area contributed by atoms with Crippen molar-refractivity contribution >= 4 is 11.9 Å². The summed E-state index contributed by atoms with van der Waals surface area (Å²) in [7, 11) is 0. The van der Waals surface area contributed by atoms with Crippen LogP contribution in [-0.4, -0.2) is 71.8 Å². The maximum Gasteiger partial charge on any atom is 0.490 e. The smallest absolute Gasteiger partial charge is 0.475 e. The fourth-order valence-electron chi connectivity index (χ4n) is 4.62. The molecule has 0 aliphatic carbocycles. The molecule has 0 amide bonds. The second-order valence-electron chi connectivity index (χ2n) is 9.82. The molecule has 1 fully saturated rings. The summed E-state index contributed by atoms with van der Waals surface area (Å²) in [5.41, 5.74) is 0.996. The molecule has 0 bridgehead atoms. The molecular formula is C26H25F6N5O6. The Kier molecular flexibility index (Phi) is 10.1. The number of rotatable bonds is 4. The van der Waals surface area contributed by atoms with E-state index in [-0.39, 0.29) is 5.41 Å². The van der Waals surface area contributed by atoms with Crippen molar-refractivity contribution < 1.29 is 46.1 Å². The molecule has 0 radical (unpaired) electrons. The van der Waals surface area contributed by atoms with Crippen molar-refractivity contribution in [2.45, 2.75) is 44.8 Å². The van der Waals surface area contributed by atoms with Crippen LogP contribution in [0.25, 0.3) is 0 Å². The van der Waals surface area contributed by atoms with E-state index >= 15 is 0 Å². The first-order valence-corrected chi connectivity index (χ1v) is 12.5. The Labute approximate surface area is 238 Å². The monoisotopic (exact) mass is 617 g/mol. The number of aromatic nitrogens is 4. The van der Waals surface area contributed by atoms with Gasteiger partial charge in [0.1, 0.15) is 5.82 Å². The minimum Gasteiger partial charge on any atom is -0.475 e. The maximum atomic E-state index is 12.8. The molecule has 232 valence electrons. The lowest BCUT2D eigenvalue weighted by Gasteiger charge is -2.22. The van der Waals surface area contributed by atoms with Crippen molar-refractivity contribution in [1.82, 2.24) is 24.2 Å². The molecule has 2 aromatic heterocycles. The van der Waals surface area contributed by atoms with Crippen molar-refractivity contribution in [3.05, 3.63) is 92.5 Å². The SMILES string of the molecule is O=C(O)C(F)(F)F.O=C(O)C(F)(F)F.O=c1c(=O)n2c(nn1Cc1ccccc1)CC1(CCN(Cc3ccccn3)C1)C2. The number of carbonyl (C=O) groups is 2. The lowest BCUT2D eigenvalue weighted by Crippen LogP contribution is -2.43. The lowest BCUT2D eigenvalue weighted by molar-refractivity contribution is -0.193. The molecular weight excluding hydrogens is 592 g/mol. The molecule has 1 saturated heterocycles. The number of alkyl halides is 6. The van der Waals surface area contributed by atoms with Crippen LogP contribution in [0.1, 0.15) is 23.5 Å². The van der Waals surface area contributed by atoms with Crippen LogP contribution >= 0.6 is 0 Å². The second-order valence-corrected chi connectivity index (χ2v) is 9.82. The molecule has 43 heavy (non-hydrogen) atoms. The van der Waals surface area contributed by atoms with Gasteiger partial charge in [-0.15, -0.1) is 0 Å². The molecule has 1 unspecified atom stereocenters. The van der Waals surface area contributed by atoms with Gasteiger partial charge >= 0.3 is 35.4 Å². The van der Waals surface area contributed by atoms with Gasteiger partial charge in [0.25, 0.3) is 0 Å². The highest BCUT2D eigenvalue weighted by molar-refractivity contribution is 5.73. The standard InChI is InChI=1S/C22H23N5O2.2C2HF3O2/c28-20-21(29)27(13-17-6-2-1-3-7-17)24-19-12-22(16-26(19)20)9-11-25(15-22)14-18-8-4-5-10-23-18;2*3-2(4,5)1(6)7/h1-8,10H,9,11-16H2;2*(H,6,7). The van der Waals surface area contributed by atoms with Gasteiger partial charge in [0.2, 0.25) is 0 Å². The maximum absolute atomic E-state index is 12.8. The number of aliphatic carboxylic acids is 2. The van der Waals surface area contributed by atoms with E-state index in [2.05, 4.69) is 15.0 Å². The largest absolute Gasteiger partial charge is 0.490 e. The fraction of sp³-hybridized carbons (Fsp3) is 0.385. The molecule has 4 heterocycles. The van der Waals surface area contributed by atoms with E-state index in [1.807, 2.05) is 54.7 Å². The van der Waals surface area contributed by atoms with E-state index in [1.165, 1.54) is 4.68 Å². The number of halogens is 6. The van der Waals surface area contributed by atoms with Gasteiger partial charge in [0, 0.05) is 37.7 Å². The van der Waals surface area contributed by atoms with Crippen LogP contribution in [0.3, 0.4) is 0 Å². The number of carboxylic acid groups (broad SMARTS) is 2. The molecule has 3 aromatic rings. The van der Waals surface area contributed by atoms with Crippen LogP contribution < -0.4 is 11.1 Å². The van der Waals surface area contributed by atoms with Crippen molar-refractivity contribution in [2.24, 2.45) is 5.41 Å². The van der Waals surface area contributed by atoms with E-state index < -0.39 is 35.4 Å². The molecule has 2 N–H and O–H groups in total. The molecule has 2 aliphatic rings. The summed E-state index contributed by atoms with van der Waals surface area (Å²) in [6, 6.07) is 15.6. The first-order valence-electron chi connectivity index (χ1n) is 12.5. The van der Waals surface area contributed by atoms with Gasteiger partial charge in [-0.2, -0.15) is 31.4 Å². The predicted octanol–water partition coefficient (Wildman–Crippen LogP) is 2.56. The zero-order chi connectivity index (χ0) is 32.0. The zero-order valence-corrected chi connectivity index (χ0v) is 22.2. The third kappa shape index (κ3) is 8.97.